The Labute approximate surface area is 148 Å². The summed E-state index contributed by atoms with van der Waals surface area (Å²) < 4.78 is 7.37. The minimum atomic E-state index is -1.14. The lowest BCUT2D eigenvalue weighted by molar-refractivity contribution is 0.194. The van der Waals surface area contributed by atoms with Gasteiger partial charge in [0.05, 0.1) is 12.3 Å². The minimum Gasteiger partial charge on any atom is -0.490 e. The number of hydrogen-bond acceptors (Lipinski definition) is 5. The second-order valence-corrected chi connectivity index (χ2v) is 5.67. The average Bonchev–Trinajstić information content (AvgIpc) is 2.55. The Morgan fingerprint density at radius 2 is 2.16 bits per heavy atom. The molecule has 1 aromatic heterocycles. The normalized spacial score (nSPS) is 10.5. The van der Waals surface area contributed by atoms with Gasteiger partial charge in [0.2, 0.25) is 0 Å². The molecule has 1 aromatic carbocycles. The molecule has 2 aromatic rings. The van der Waals surface area contributed by atoms with Crippen LogP contribution >= 0.6 is 12.2 Å². The predicted molar refractivity (Wildman–Crippen MR) is 94.7 cm³/mol. The van der Waals surface area contributed by atoms with Crippen molar-refractivity contribution in [1.82, 2.24) is 14.9 Å². The van der Waals surface area contributed by atoms with Crippen LogP contribution in [-0.4, -0.2) is 45.6 Å². The predicted octanol–water partition coefficient (Wildman–Crippen LogP) is 1.52. The zero-order valence-electron chi connectivity index (χ0n) is 13.6. The number of nitrogens with zero attached hydrogens (tertiary/aromatic N) is 1. The number of H-pyrrole nitrogens is 1. The Balaban J connectivity index is 2.54. The van der Waals surface area contributed by atoms with Crippen LogP contribution in [0.4, 0.5) is 4.79 Å². The van der Waals surface area contributed by atoms with Gasteiger partial charge in [-0.3, -0.25) is 9.78 Å². The number of carboxylic acid groups (broad SMARTS) is 1. The van der Waals surface area contributed by atoms with Crippen LogP contribution in [0.2, 0.25) is 0 Å². The first-order valence-corrected chi connectivity index (χ1v) is 7.99. The van der Waals surface area contributed by atoms with E-state index >= 15 is 0 Å². The highest BCUT2D eigenvalue weighted by molar-refractivity contribution is 7.71. The molecule has 8 nitrogen and oxygen atoms in total. The molecule has 0 aliphatic heterocycles. The maximum Gasteiger partial charge on any atom is 0.404 e. The lowest BCUT2D eigenvalue weighted by Gasteiger charge is -2.17. The fraction of sp³-hybridized carbons (Fsp3) is 0.312. The number of benzene rings is 1. The van der Waals surface area contributed by atoms with E-state index in [1.165, 1.54) is 6.07 Å². The summed E-state index contributed by atoms with van der Waals surface area (Å²) in [6, 6.07) is 6.84. The van der Waals surface area contributed by atoms with E-state index in [4.69, 9.17) is 27.2 Å². The summed E-state index contributed by atoms with van der Waals surface area (Å²) >= 11 is 5.22. The molecule has 0 aliphatic rings. The van der Waals surface area contributed by atoms with E-state index in [1.807, 2.05) is 19.1 Å². The molecule has 0 saturated carbocycles. The van der Waals surface area contributed by atoms with E-state index in [2.05, 4.69) is 10.3 Å². The van der Waals surface area contributed by atoms with E-state index in [1.54, 1.807) is 10.6 Å². The largest absolute Gasteiger partial charge is 0.490 e. The average molecular weight is 365 g/mol. The molecule has 9 heteroatoms. The topological polar surface area (TPSA) is 117 Å². The number of aryl methyl sites for hydroxylation is 1. The zero-order valence-corrected chi connectivity index (χ0v) is 14.4. The smallest absolute Gasteiger partial charge is 0.404 e. The molecule has 1 amide bonds. The highest BCUT2D eigenvalue weighted by atomic mass is 32.1. The van der Waals surface area contributed by atoms with Gasteiger partial charge in [0.15, 0.2) is 4.77 Å². The molecule has 0 bridgehead atoms. The SMILES string of the molecule is Cc1ccc(OCCO)c(-c2cc(=O)[nH]c(=S)n2CCNC(=O)O)c1. The second kappa shape index (κ2) is 8.45. The van der Waals surface area contributed by atoms with Gasteiger partial charge in [-0.05, 0) is 31.3 Å². The number of carbonyl (C=O) groups is 1. The first-order valence-electron chi connectivity index (χ1n) is 7.58. The molecular formula is C16H19N3O5S. The lowest BCUT2D eigenvalue weighted by atomic mass is 10.1. The van der Waals surface area contributed by atoms with Crippen molar-refractivity contribution in [3.63, 3.8) is 0 Å². The van der Waals surface area contributed by atoms with Crippen LogP contribution in [0.25, 0.3) is 11.3 Å². The van der Waals surface area contributed by atoms with Crippen LogP contribution in [-0.2, 0) is 6.54 Å². The summed E-state index contributed by atoms with van der Waals surface area (Å²) in [6.45, 7) is 2.24. The van der Waals surface area contributed by atoms with Gasteiger partial charge < -0.3 is 24.8 Å². The molecule has 0 saturated heterocycles. The number of aliphatic hydroxyl groups is 1. The Bertz CT molecular complexity index is 875. The van der Waals surface area contributed by atoms with Gasteiger partial charge in [-0.2, -0.15) is 0 Å². The summed E-state index contributed by atoms with van der Waals surface area (Å²) in [7, 11) is 0. The van der Waals surface area contributed by atoms with Gasteiger partial charge >= 0.3 is 6.09 Å². The van der Waals surface area contributed by atoms with Crippen molar-refractivity contribution >= 4 is 18.3 Å². The van der Waals surface area contributed by atoms with Crippen LogP contribution in [0.1, 0.15) is 5.56 Å². The molecule has 0 radical (unpaired) electrons. The van der Waals surface area contributed by atoms with Gasteiger partial charge in [-0.25, -0.2) is 4.79 Å². The van der Waals surface area contributed by atoms with Gasteiger partial charge in [-0.1, -0.05) is 11.6 Å². The van der Waals surface area contributed by atoms with E-state index in [9.17, 15) is 9.59 Å². The molecule has 25 heavy (non-hydrogen) atoms. The van der Waals surface area contributed by atoms with E-state index in [-0.39, 0.29) is 36.6 Å². The Kier molecular flexibility index (Phi) is 6.31. The van der Waals surface area contributed by atoms with Crippen molar-refractivity contribution in [2.24, 2.45) is 0 Å². The Hall–Kier alpha value is -2.65. The fourth-order valence-electron chi connectivity index (χ4n) is 2.37. The molecule has 0 fully saturated rings. The van der Waals surface area contributed by atoms with Crippen LogP contribution in [0.3, 0.4) is 0 Å². The quantitative estimate of drug-likeness (QED) is 0.553. The van der Waals surface area contributed by atoms with Crippen molar-refractivity contribution in [2.45, 2.75) is 13.5 Å². The summed E-state index contributed by atoms with van der Waals surface area (Å²) in [5.41, 5.74) is 1.74. The standard InChI is InChI=1S/C16H19N3O5S/c1-10-2-3-13(24-7-6-20)11(8-10)12-9-14(21)18-15(25)19(12)5-4-17-16(22)23/h2-3,8-9,17,20H,4-7H2,1H3,(H,22,23)(H,18,21,25). The number of hydrogen-bond donors (Lipinski definition) is 4. The summed E-state index contributed by atoms with van der Waals surface area (Å²) in [5.74, 6) is 0.500. The van der Waals surface area contributed by atoms with Crippen molar-refractivity contribution in [3.05, 3.63) is 45.0 Å². The van der Waals surface area contributed by atoms with Crippen molar-refractivity contribution in [2.75, 3.05) is 19.8 Å². The van der Waals surface area contributed by atoms with E-state index in [0.29, 0.717) is 17.0 Å². The summed E-state index contributed by atoms with van der Waals surface area (Å²) in [5, 5.41) is 20.0. The van der Waals surface area contributed by atoms with Gasteiger partial charge in [0, 0.05) is 24.7 Å². The third-order valence-electron chi connectivity index (χ3n) is 3.41. The molecule has 0 unspecified atom stereocenters. The fourth-order valence-corrected chi connectivity index (χ4v) is 2.66. The highest BCUT2D eigenvalue weighted by Crippen LogP contribution is 2.30. The first-order chi connectivity index (χ1) is 11.9. The van der Waals surface area contributed by atoms with Gasteiger partial charge in [-0.15, -0.1) is 0 Å². The van der Waals surface area contributed by atoms with Crippen molar-refractivity contribution < 1.29 is 19.7 Å². The summed E-state index contributed by atoms with van der Waals surface area (Å²) in [4.78, 5) is 25.1. The third kappa shape index (κ3) is 4.91. The number of nitrogens with one attached hydrogen (secondary N) is 2. The molecule has 4 N–H and O–H groups in total. The number of rotatable bonds is 7. The third-order valence-corrected chi connectivity index (χ3v) is 3.73. The van der Waals surface area contributed by atoms with Crippen LogP contribution < -0.4 is 15.6 Å². The maximum atomic E-state index is 11.9. The second-order valence-electron chi connectivity index (χ2n) is 5.28. The number of amides is 1. The highest BCUT2D eigenvalue weighted by Gasteiger charge is 2.13. The van der Waals surface area contributed by atoms with Crippen LogP contribution in [0.15, 0.2) is 29.1 Å². The van der Waals surface area contributed by atoms with Gasteiger partial charge in [0.1, 0.15) is 12.4 Å². The number of aliphatic hydroxyl groups excluding tert-OH is 1. The number of aromatic amines is 1. The Morgan fingerprint density at radius 3 is 2.84 bits per heavy atom. The zero-order chi connectivity index (χ0) is 18.4. The van der Waals surface area contributed by atoms with Crippen molar-refractivity contribution in [1.29, 1.82) is 0 Å². The first kappa shape index (κ1) is 18.7. The molecule has 2 rings (SSSR count). The molecule has 0 atom stereocenters. The molecule has 0 aliphatic carbocycles. The summed E-state index contributed by atoms with van der Waals surface area (Å²) in [6.07, 6.45) is -1.14. The van der Waals surface area contributed by atoms with Crippen LogP contribution in [0.5, 0.6) is 5.75 Å². The Morgan fingerprint density at radius 1 is 1.40 bits per heavy atom. The molecule has 134 valence electrons. The lowest BCUT2D eigenvalue weighted by Crippen LogP contribution is -2.27. The van der Waals surface area contributed by atoms with Crippen LogP contribution in [0, 0.1) is 11.7 Å². The van der Waals surface area contributed by atoms with E-state index < -0.39 is 6.09 Å². The maximum absolute atomic E-state index is 11.9. The molecular weight excluding hydrogens is 346 g/mol. The van der Waals surface area contributed by atoms with E-state index in [0.717, 1.165) is 5.56 Å². The van der Waals surface area contributed by atoms with Crippen molar-refractivity contribution in [3.8, 4) is 17.0 Å². The molecule has 1 heterocycles. The minimum absolute atomic E-state index is 0.112. The van der Waals surface area contributed by atoms with Gasteiger partial charge in [0.25, 0.3) is 5.56 Å². The monoisotopic (exact) mass is 365 g/mol. The number of aromatic nitrogens is 2. The number of ether oxygens (including phenoxy) is 1. The molecule has 0 spiro atoms.